The Bertz CT molecular complexity index is 1350. The Morgan fingerprint density at radius 1 is 0.784 bits per heavy atom. The van der Waals surface area contributed by atoms with Crippen molar-refractivity contribution >= 4 is 11.9 Å². The molecule has 6 heteroatoms. The van der Waals surface area contributed by atoms with Gasteiger partial charge in [0.15, 0.2) is 0 Å². The number of ether oxygens (including phenoxy) is 2. The normalized spacial score (nSPS) is 11.4. The van der Waals surface area contributed by atoms with Crippen molar-refractivity contribution in [2.45, 2.75) is 18.9 Å². The summed E-state index contributed by atoms with van der Waals surface area (Å²) in [6.45, 7) is 0. The van der Waals surface area contributed by atoms with E-state index in [0.29, 0.717) is 5.56 Å². The van der Waals surface area contributed by atoms with Crippen molar-refractivity contribution in [3.8, 4) is 33.8 Å². The van der Waals surface area contributed by atoms with E-state index in [2.05, 4.69) is 5.32 Å². The topological polar surface area (TPSA) is 84.9 Å². The van der Waals surface area contributed by atoms with E-state index in [1.54, 1.807) is 25.3 Å². The van der Waals surface area contributed by atoms with E-state index in [0.717, 1.165) is 33.6 Å². The number of nitrogens with one attached hydrogen (secondary N) is 1. The molecule has 0 radical (unpaired) electrons. The standard InChI is InChI=1S/C31H29NO5/c1-36-27-15-12-24(13-16-27)25-14-17-29(33)26(19-25)20-30(34)32-28(31(35)37-2)18-21-8-10-23(11-9-21)22-6-4-3-5-7-22/h3-17,19,28,33H,18,20H2,1-2H3,(H,32,34)/t28-/m0/s1. The molecule has 0 saturated carbocycles. The minimum Gasteiger partial charge on any atom is -0.508 e. The van der Waals surface area contributed by atoms with Gasteiger partial charge in [0.05, 0.1) is 20.6 Å². The largest absolute Gasteiger partial charge is 0.508 e. The zero-order valence-electron chi connectivity index (χ0n) is 20.8. The van der Waals surface area contributed by atoms with Gasteiger partial charge in [0.1, 0.15) is 17.5 Å². The van der Waals surface area contributed by atoms with Gasteiger partial charge in [-0.3, -0.25) is 4.79 Å². The molecule has 0 bridgehead atoms. The molecule has 6 nitrogen and oxygen atoms in total. The number of carbonyl (C=O) groups excluding carboxylic acids is 2. The van der Waals surface area contributed by atoms with Gasteiger partial charge in [0.2, 0.25) is 5.91 Å². The van der Waals surface area contributed by atoms with Crippen LogP contribution < -0.4 is 10.1 Å². The highest BCUT2D eigenvalue weighted by Crippen LogP contribution is 2.28. The number of phenols is 1. The Kier molecular flexibility index (Phi) is 8.21. The second-order valence-electron chi connectivity index (χ2n) is 8.66. The van der Waals surface area contributed by atoms with Gasteiger partial charge in [-0.1, -0.05) is 72.8 Å². The molecule has 0 fully saturated rings. The molecule has 0 aromatic heterocycles. The highest BCUT2D eigenvalue weighted by molar-refractivity contribution is 5.86. The average Bonchev–Trinajstić information content (AvgIpc) is 2.94. The fourth-order valence-corrected chi connectivity index (χ4v) is 4.14. The van der Waals surface area contributed by atoms with Crippen LogP contribution in [0, 0.1) is 0 Å². The van der Waals surface area contributed by atoms with E-state index >= 15 is 0 Å². The molecular weight excluding hydrogens is 466 g/mol. The maximum Gasteiger partial charge on any atom is 0.328 e. The number of amides is 1. The Morgan fingerprint density at radius 2 is 1.38 bits per heavy atom. The number of esters is 1. The maximum absolute atomic E-state index is 12.9. The van der Waals surface area contributed by atoms with E-state index in [4.69, 9.17) is 9.47 Å². The van der Waals surface area contributed by atoms with Crippen LogP contribution in [0.3, 0.4) is 0 Å². The summed E-state index contributed by atoms with van der Waals surface area (Å²) in [5, 5.41) is 13.1. The number of carbonyl (C=O) groups is 2. The Morgan fingerprint density at radius 3 is 2.03 bits per heavy atom. The molecule has 0 spiro atoms. The molecule has 1 amide bonds. The van der Waals surface area contributed by atoms with Gasteiger partial charge in [0, 0.05) is 12.0 Å². The van der Waals surface area contributed by atoms with Crippen LogP contribution in [-0.2, 0) is 27.2 Å². The Labute approximate surface area is 216 Å². The zero-order valence-corrected chi connectivity index (χ0v) is 20.8. The summed E-state index contributed by atoms with van der Waals surface area (Å²) in [6.07, 6.45) is 0.196. The van der Waals surface area contributed by atoms with Crippen molar-refractivity contribution in [1.29, 1.82) is 0 Å². The highest BCUT2D eigenvalue weighted by Gasteiger charge is 2.23. The summed E-state index contributed by atoms with van der Waals surface area (Å²) in [5.74, 6) is -0.167. The lowest BCUT2D eigenvalue weighted by atomic mass is 9.99. The molecule has 0 unspecified atom stereocenters. The number of rotatable bonds is 9. The minimum absolute atomic E-state index is 0.0125. The predicted molar refractivity (Wildman–Crippen MR) is 143 cm³/mol. The second-order valence-corrected chi connectivity index (χ2v) is 8.66. The summed E-state index contributed by atoms with van der Waals surface area (Å²) in [4.78, 5) is 25.4. The zero-order chi connectivity index (χ0) is 26.2. The van der Waals surface area contributed by atoms with Crippen LogP contribution in [0.4, 0.5) is 0 Å². The minimum atomic E-state index is -0.855. The van der Waals surface area contributed by atoms with Crippen molar-refractivity contribution in [2.24, 2.45) is 0 Å². The fraction of sp³-hybridized carbons (Fsp3) is 0.161. The van der Waals surface area contributed by atoms with E-state index < -0.39 is 17.9 Å². The van der Waals surface area contributed by atoms with Gasteiger partial charge in [0.25, 0.3) is 0 Å². The summed E-state index contributed by atoms with van der Waals surface area (Å²) < 4.78 is 10.1. The van der Waals surface area contributed by atoms with Gasteiger partial charge >= 0.3 is 5.97 Å². The Balaban J connectivity index is 1.45. The average molecular weight is 496 g/mol. The molecule has 4 rings (SSSR count). The summed E-state index contributed by atoms with van der Waals surface area (Å²) in [5.41, 5.74) is 5.29. The molecule has 37 heavy (non-hydrogen) atoms. The van der Waals surface area contributed by atoms with Crippen LogP contribution in [0.2, 0.25) is 0 Å². The first-order valence-corrected chi connectivity index (χ1v) is 11.9. The molecular formula is C31H29NO5. The van der Waals surface area contributed by atoms with Gasteiger partial charge in [-0.25, -0.2) is 4.79 Å². The van der Waals surface area contributed by atoms with Crippen LogP contribution in [0.25, 0.3) is 22.3 Å². The fourth-order valence-electron chi connectivity index (χ4n) is 4.14. The first-order valence-electron chi connectivity index (χ1n) is 11.9. The van der Waals surface area contributed by atoms with Gasteiger partial charge in [-0.05, 0) is 52.1 Å². The van der Waals surface area contributed by atoms with Crippen molar-refractivity contribution < 1.29 is 24.2 Å². The third-order valence-corrected chi connectivity index (χ3v) is 6.18. The molecule has 188 valence electrons. The molecule has 1 atom stereocenters. The number of methoxy groups -OCH3 is 2. The predicted octanol–water partition coefficient (Wildman–Crippen LogP) is 5.18. The van der Waals surface area contributed by atoms with Crippen molar-refractivity contribution in [3.63, 3.8) is 0 Å². The van der Waals surface area contributed by atoms with Crippen LogP contribution >= 0.6 is 0 Å². The number of hydrogen-bond donors (Lipinski definition) is 2. The molecule has 0 aliphatic heterocycles. The Hall–Kier alpha value is -4.58. The lowest BCUT2D eigenvalue weighted by molar-refractivity contribution is -0.145. The number of benzene rings is 4. The van der Waals surface area contributed by atoms with Crippen LogP contribution in [0.1, 0.15) is 11.1 Å². The van der Waals surface area contributed by atoms with Crippen molar-refractivity contribution in [1.82, 2.24) is 5.32 Å². The third kappa shape index (κ3) is 6.55. The van der Waals surface area contributed by atoms with E-state index in [-0.39, 0.29) is 18.6 Å². The molecule has 0 aliphatic rings. The van der Waals surface area contributed by atoms with Crippen LogP contribution in [-0.4, -0.2) is 37.2 Å². The number of aromatic hydroxyl groups is 1. The van der Waals surface area contributed by atoms with Gasteiger partial charge in [-0.15, -0.1) is 0 Å². The quantitative estimate of drug-likeness (QED) is 0.313. The van der Waals surface area contributed by atoms with E-state index in [1.165, 1.54) is 7.11 Å². The molecule has 0 aliphatic carbocycles. The molecule has 0 heterocycles. The van der Waals surface area contributed by atoms with Gasteiger partial charge < -0.3 is 19.9 Å². The van der Waals surface area contributed by atoms with E-state index in [9.17, 15) is 14.7 Å². The third-order valence-electron chi connectivity index (χ3n) is 6.18. The monoisotopic (exact) mass is 495 g/mol. The maximum atomic E-state index is 12.9. The molecule has 2 N–H and O–H groups in total. The molecule has 4 aromatic rings. The number of hydrogen-bond acceptors (Lipinski definition) is 5. The first-order chi connectivity index (χ1) is 18.0. The first kappa shape index (κ1) is 25.5. The smallest absolute Gasteiger partial charge is 0.328 e. The summed E-state index contributed by atoms with van der Waals surface area (Å²) in [6, 6.07) is 29.6. The summed E-state index contributed by atoms with van der Waals surface area (Å²) in [7, 11) is 2.90. The highest BCUT2D eigenvalue weighted by atomic mass is 16.5. The SMILES string of the molecule is COC(=O)[C@H](Cc1ccc(-c2ccccc2)cc1)NC(=O)Cc1cc(-c2ccc(OC)cc2)ccc1O. The summed E-state index contributed by atoms with van der Waals surface area (Å²) >= 11 is 0. The van der Waals surface area contributed by atoms with Crippen LogP contribution in [0.5, 0.6) is 11.5 Å². The number of phenolic OH excluding ortho intramolecular Hbond substituents is 1. The second kappa shape index (κ2) is 11.9. The van der Waals surface area contributed by atoms with Crippen molar-refractivity contribution in [3.05, 3.63) is 108 Å². The van der Waals surface area contributed by atoms with Crippen LogP contribution in [0.15, 0.2) is 97.1 Å². The van der Waals surface area contributed by atoms with Gasteiger partial charge in [-0.2, -0.15) is 0 Å². The lowest BCUT2D eigenvalue weighted by Gasteiger charge is -2.17. The molecule has 4 aromatic carbocycles. The molecule has 0 saturated heterocycles. The lowest BCUT2D eigenvalue weighted by Crippen LogP contribution is -2.43. The van der Waals surface area contributed by atoms with E-state index in [1.807, 2.05) is 78.9 Å². The van der Waals surface area contributed by atoms with Crippen molar-refractivity contribution in [2.75, 3.05) is 14.2 Å².